The summed E-state index contributed by atoms with van der Waals surface area (Å²) in [5.74, 6) is 2.11. The van der Waals surface area contributed by atoms with Crippen LogP contribution in [0.5, 0.6) is 17.2 Å². The maximum absolute atomic E-state index is 13.0. The molecule has 0 spiro atoms. The second kappa shape index (κ2) is 13.1. The van der Waals surface area contributed by atoms with E-state index < -0.39 is 5.41 Å². The molecule has 2 rings (SSSR count). The molecular formula is C21H37Cl2N3O4. The molecule has 0 aromatic heterocycles. The summed E-state index contributed by atoms with van der Waals surface area (Å²) in [4.78, 5) is 17.3. The van der Waals surface area contributed by atoms with E-state index in [1.807, 2.05) is 17.0 Å². The number of hydrogen-bond donors (Lipinski definition) is 1. The van der Waals surface area contributed by atoms with E-state index in [0.29, 0.717) is 23.8 Å². The van der Waals surface area contributed by atoms with E-state index in [1.165, 1.54) is 0 Å². The summed E-state index contributed by atoms with van der Waals surface area (Å²) in [5, 5.41) is 0. The lowest BCUT2D eigenvalue weighted by Crippen LogP contribution is -2.54. The number of methoxy groups -OCH3 is 3. The molecule has 1 heterocycles. The van der Waals surface area contributed by atoms with Gasteiger partial charge in [0.05, 0.1) is 26.7 Å². The lowest BCUT2D eigenvalue weighted by Gasteiger charge is -2.40. The standard InChI is InChI=1S/C21H35N3O4.2ClH/c1-6-21(7-2,15-22)20(25)24-10-8-23(9-11-24)14-16-12-17(26-3)19(28-5)18(13-16)27-4;;/h12-13H,6-11,14-15,22H2,1-5H3;2*1H. The molecule has 0 atom stereocenters. The molecule has 1 aliphatic heterocycles. The molecular weight excluding hydrogens is 429 g/mol. The molecule has 30 heavy (non-hydrogen) atoms. The highest BCUT2D eigenvalue weighted by atomic mass is 35.5. The number of carbonyl (C=O) groups excluding carboxylic acids is 1. The van der Waals surface area contributed by atoms with Crippen LogP contribution in [-0.2, 0) is 11.3 Å². The first kappa shape index (κ1) is 28.6. The molecule has 0 unspecified atom stereocenters. The Hall–Kier alpha value is -1.41. The van der Waals surface area contributed by atoms with Crippen molar-refractivity contribution < 1.29 is 19.0 Å². The number of nitrogens with zero attached hydrogens (tertiary/aromatic N) is 2. The van der Waals surface area contributed by atoms with Crippen LogP contribution < -0.4 is 19.9 Å². The minimum atomic E-state index is -0.418. The fraction of sp³-hybridized carbons (Fsp3) is 0.667. The Morgan fingerprint density at radius 1 is 0.967 bits per heavy atom. The maximum Gasteiger partial charge on any atom is 0.230 e. The van der Waals surface area contributed by atoms with Crippen LogP contribution in [0.25, 0.3) is 0 Å². The number of hydrogen-bond acceptors (Lipinski definition) is 6. The topological polar surface area (TPSA) is 77.3 Å². The summed E-state index contributed by atoms with van der Waals surface area (Å²) in [5.41, 5.74) is 6.62. The third-order valence-electron chi connectivity index (χ3n) is 5.99. The molecule has 1 aliphatic rings. The van der Waals surface area contributed by atoms with Crippen LogP contribution in [0.1, 0.15) is 32.3 Å². The van der Waals surface area contributed by atoms with Gasteiger partial charge in [0, 0.05) is 39.3 Å². The van der Waals surface area contributed by atoms with E-state index in [9.17, 15) is 4.79 Å². The van der Waals surface area contributed by atoms with Gasteiger partial charge in [-0.2, -0.15) is 0 Å². The van der Waals surface area contributed by atoms with Crippen molar-refractivity contribution in [2.75, 3.05) is 54.1 Å². The second-order valence-electron chi connectivity index (χ2n) is 7.29. The van der Waals surface area contributed by atoms with Crippen LogP contribution in [0, 0.1) is 5.41 Å². The molecule has 1 saturated heterocycles. The predicted molar refractivity (Wildman–Crippen MR) is 125 cm³/mol. The Balaban J connectivity index is 0.00000420. The van der Waals surface area contributed by atoms with E-state index in [0.717, 1.165) is 51.1 Å². The Morgan fingerprint density at radius 3 is 1.83 bits per heavy atom. The quantitative estimate of drug-likeness (QED) is 0.603. The highest BCUT2D eigenvalue weighted by Gasteiger charge is 2.37. The van der Waals surface area contributed by atoms with Crippen LogP contribution in [0.15, 0.2) is 12.1 Å². The van der Waals surface area contributed by atoms with Gasteiger partial charge in [0.1, 0.15) is 0 Å². The Bertz CT molecular complexity index is 630. The third-order valence-corrected chi connectivity index (χ3v) is 5.99. The highest BCUT2D eigenvalue weighted by Crippen LogP contribution is 2.38. The number of amides is 1. The molecule has 0 radical (unpaired) electrons. The van der Waals surface area contributed by atoms with Crippen molar-refractivity contribution in [1.82, 2.24) is 9.80 Å². The first-order valence-corrected chi connectivity index (χ1v) is 9.99. The van der Waals surface area contributed by atoms with E-state index >= 15 is 0 Å². The Kier molecular flexibility index (Phi) is 12.5. The predicted octanol–water partition coefficient (Wildman–Crippen LogP) is 2.97. The molecule has 1 aromatic carbocycles. The fourth-order valence-electron chi connectivity index (χ4n) is 3.86. The third kappa shape index (κ3) is 6.06. The van der Waals surface area contributed by atoms with Crippen LogP contribution in [0.3, 0.4) is 0 Å². The van der Waals surface area contributed by atoms with E-state index in [-0.39, 0.29) is 30.7 Å². The summed E-state index contributed by atoms with van der Waals surface area (Å²) in [6, 6.07) is 3.96. The fourth-order valence-corrected chi connectivity index (χ4v) is 3.86. The monoisotopic (exact) mass is 465 g/mol. The molecule has 9 heteroatoms. The maximum atomic E-state index is 13.0. The highest BCUT2D eigenvalue weighted by molar-refractivity contribution is 5.85. The lowest BCUT2D eigenvalue weighted by molar-refractivity contribution is -0.144. The van der Waals surface area contributed by atoms with Gasteiger partial charge in [-0.1, -0.05) is 13.8 Å². The average molecular weight is 466 g/mol. The van der Waals surface area contributed by atoms with Gasteiger partial charge in [-0.15, -0.1) is 24.8 Å². The van der Waals surface area contributed by atoms with Crippen LogP contribution >= 0.6 is 24.8 Å². The van der Waals surface area contributed by atoms with Crippen molar-refractivity contribution in [2.45, 2.75) is 33.2 Å². The first-order valence-electron chi connectivity index (χ1n) is 9.99. The largest absolute Gasteiger partial charge is 0.493 e. The summed E-state index contributed by atoms with van der Waals surface area (Å²) < 4.78 is 16.3. The molecule has 0 saturated carbocycles. The van der Waals surface area contributed by atoms with E-state index in [1.54, 1.807) is 21.3 Å². The van der Waals surface area contributed by atoms with Crippen molar-refractivity contribution in [3.8, 4) is 17.2 Å². The van der Waals surface area contributed by atoms with Crippen molar-refractivity contribution >= 4 is 30.7 Å². The van der Waals surface area contributed by atoms with Gasteiger partial charge in [0.25, 0.3) is 0 Å². The SMILES string of the molecule is CCC(CC)(CN)C(=O)N1CCN(Cc2cc(OC)c(OC)c(OC)c2)CC1.Cl.Cl. The minimum Gasteiger partial charge on any atom is -0.493 e. The average Bonchev–Trinajstić information content (AvgIpc) is 2.75. The molecule has 0 aliphatic carbocycles. The van der Waals surface area contributed by atoms with Crippen molar-refractivity contribution in [3.63, 3.8) is 0 Å². The van der Waals surface area contributed by atoms with E-state index in [2.05, 4.69) is 18.7 Å². The molecule has 7 nitrogen and oxygen atoms in total. The van der Waals surface area contributed by atoms with E-state index in [4.69, 9.17) is 19.9 Å². The van der Waals surface area contributed by atoms with Crippen molar-refractivity contribution in [1.29, 1.82) is 0 Å². The minimum absolute atomic E-state index is 0. The van der Waals surface area contributed by atoms with Crippen LogP contribution in [0.4, 0.5) is 0 Å². The number of ether oxygens (including phenoxy) is 3. The second-order valence-corrected chi connectivity index (χ2v) is 7.29. The smallest absolute Gasteiger partial charge is 0.230 e. The summed E-state index contributed by atoms with van der Waals surface area (Å²) in [6.45, 7) is 8.39. The van der Waals surface area contributed by atoms with Crippen molar-refractivity contribution in [2.24, 2.45) is 11.1 Å². The zero-order valence-corrected chi connectivity index (χ0v) is 20.4. The summed E-state index contributed by atoms with van der Waals surface area (Å²) in [6.07, 6.45) is 1.56. The number of piperazine rings is 1. The summed E-state index contributed by atoms with van der Waals surface area (Å²) >= 11 is 0. The molecule has 0 bridgehead atoms. The molecule has 1 amide bonds. The Morgan fingerprint density at radius 2 is 1.47 bits per heavy atom. The number of carbonyl (C=O) groups is 1. The molecule has 2 N–H and O–H groups in total. The van der Waals surface area contributed by atoms with Gasteiger partial charge in [0.15, 0.2) is 11.5 Å². The number of nitrogens with two attached hydrogens (primary N) is 1. The number of rotatable bonds is 9. The van der Waals surface area contributed by atoms with Gasteiger partial charge in [0.2, 0.25) is 11.7 Å². The zero-order valence-electron chi connectivity index (χ0n) is 18.7. The van der Waals surface area contributed by atoms with Crippen LogP contribution in [-0.4, -0.2) is 69.8 Å². The molecule has 174 valence electrons. The summed E-state index contributed by atoms with van der Waals surface area (Å²) in [7, 11) is 4.84. The number of halogens is 2. The lowest BCUT2D eigenvalue weighted by atomic mass is 9.81. The first-order chi connectivity index (χ1) is 13.5. The molecule has 1 fully saturated rings. The van der Waals surface area contributed by atoms with Gasteiger partial charge >= 0.3 is 0 Å². The molecule has 1 aromatic rings. The van der Waals surface area contributed by atoms with Gasteiger partial charge in [-0.3, -0.25) is 9.69 Å². The normalized spacial score (nSPS) is 14.4. The zero-order chi connectivity index (χ0) is 20.7. The Labute approximate surface area is 193 Å². The number of benzene rings is 1. The van der Waals surface area contributed by atoms with Gasteiger partial charge < -0.3 is 24.8 Å². The van der Waals surface area contributed by atoms with Crippen molar-refractivity contribution in [3.05, 3.63) is 17.7 Å². The van der Waals surface area contributed by atoms with Crippen LogP contribution in [0.2, 0.25) is 0 Å². The van der Waals surface area contributed by atoms with Gasteiger partial charge in [-0.05, 0) is 30.5 Å². The van der Waals surface area contributed by atoms with Gasteiger partial charge in [-0.25, -0.2) is 0 Å².